The Balaban J connectivity index is 1.26. The predicted octanol–water partition coefficient (Wildman–Crippen LogP) is 3.43. The molecule has 176 valence electrons. The minimum absolute atomic E-state index is 0.330. The zero-order chi connectivity index (χ0) is 23.9. The largest absolute Gasteiger partial charge is 0.573 e. The van der Waals surface area contributed by atoms with Gasteiger partial charge in [0, 0.05) is 31.2 Å². The Labute approximate surface area is 192 Å². The highest BCUT2D eigenvalue weighted by molar-refractivity contribution is 6.01. The number of anilines is 2. The van der Waals surface area contributed by atoms with Crippen LogP contribution in [0.2, 0.25) is 0 Å². The van der Waals surface area contributed by atoms with Crippen molar-refractivity contribution in [3.63, 3.8) is 0 Å². The molecule has 4 heterocycles. The molecule has 3 aromatic rings. The Morgan fingerprint density at radius 2 is 1.97 bits per heavy atom. The van der Waals surface area contributed by atoms with Crippen LogP contribution in [-0.2, 0) is 4.79 Å². The first-order valence-electron chi connectivity index (χ1n) is 10.7. The van der Waals surface area contributed by atoms with Gasteiger partial charge >= 0.3 is 6.36 Å². The van der Waals surface area contributed by atoms with Gasteiger partial charge in [0.2, 0.25) is 11.9 Å². The summed E-state index contributed by atoms with van der Waals surface area (Å²) in [7, 11) is 0. The molecule has 1 aromatic carbocycles. The second-order valence-electron chi connectivity index (χ2n) is 8.26. The van der Waals surface area contributed by atoms with Crippen molar-refractivity contribution in [2.75, 3.05) is 23.3 Å². The molecule has 34 heavy (non-hydrogen) atoms. The standard InChI is InChI=1S/C23H21F3N6O2/c1-13-21-18(29-22(28-13)32-12-15-10-16(32)11-27-15)7-8-19(31-21)30-20(33)9-4-14-2-5-17(6-3-14)34-23(24,25)26/h2-9,15-16,27H,10-12H2,1H3,(H,30,31,33). The number of halogens is 3. The number of rotatable bonds is 5. The topological polar surface area (TPSA) is 92.3 Å². The molecule has 2 unspecified atom stereocenters. The number of benzene rings is 1. The third-order valence-electron chi connectivity index (χ3n) is 5.81. The molecule has 2 atom stereocenters. The van der Waals surface area contributed by atoms with E-state index in [1.165, 1.54) is 36.4 Å². The second kappa shape index (κ2) is 8.56. The van der Waals surface area contributed by atoms with Gasteiger partial charge in [-0.15, -0.1) is 13.2 Å². The third-order valence-corrected chi connectivity index (χ3v) is 5.81. The second-order valence-corrected chi connectivity index (χ2v) is 8.26. The maximum absolute atomic E-state index is 12.3. The van der Waals surface area contributed by atoms with Gasteiger partial charge in [-0.2, -0.15) is 0 Å². The van der Waals surface area contributed by atoms with E-state index >= 15 is 0 Å². The average molecular weight is 470 g/mol. The summed E-state index contributed by atoms with van der Waals surface area (Å²) in [5.74, 6) is 0.287. The van der Waals surface area contributed by atoms with E-state index in [2.05, 4.69) is 35.2 Å². The van der Waals surface area contributed by atoms with Crippen LogP contribution < -0.4 is 20.3 Å². The van der Waals surface area contributed by atoms with Gasteiger partial charge in [0.25, 0.3) is 0 Å². The van der Waals surface area contributed by atoms with Crippen LogP contribution in [0, 0.1) is 6.92 Å². The van der Waals surface area contributed by atoms with Crippen molar-refractivity contribution in [2.45, 2.75) is 31.8 Å². The van der Waals surface area contributed by atoms with Crippen molar-refractivity contribution < 1.29 is 22.7 Å². The molecule has 11 heteroatoms. The van der Waals surface area contributed by atoms with E-state index in [0.29, 0.717) is 40.4 Å². The average Bonchev–Trinajstić information content (AvgIpc) is 3.42. The first kappa shape index (κ1) is 22.1. The summed E-state index contributed by atoms with van der Waals surface area (Å²) in [6.45, 7) is 3.69. The highest BCUT2D eigenvalue weighted by atomic mass is 19.4. The molecule has 0 saturated carbocycles. The van der Waals surface area contributed by atoms with Gasteiger partial charge in [-0.25, -0.2) is 15.0 Å². The lowest BCUT2D eigenvalue weighted by molar-refractivity contribution is -0.274. The van der Waals surface area contributed by atoms with Gasteiger partial charge in [0.1, 0.15) is 17.1 Å². The summed E-state index contributed by atoms with van der Waals surface area (Å²) in [5.41, 5.74) is 2.57. The lowest BCUT2D eigenvalue weighted by Gasteiger charge is -2.27. The molecule has 2 aliphatic rings. The summed E-state index contributed by atoms with van der Waals surface area (Å²) in [5, 5.41) is 6.14. The number of carbonyl (C=O) groups is 1. The fraction of sp³-hybridized carbons (Fsp3) is 0.304. The highest BCUT2D eigenvalue weighted by Crippen LogP contribution is 2.29. The van der Waals surface area contributed by atoms with Gasteiger partial charge in [-0.05, 0) is 49.2 Å². The van der Waals surface area contributed by atoms with Crippen molar-refractivity contribution in [3.8, 4) is 5.75 Å². The summed E-state index contributed by atoms with van der Waals surface area (Å²) >= 11 is 0. The fourth-order valence-corrected chi connectivity index (χ4v) is 4.27. The van der Waals surface area contributed by atoms with E-state index in [-0.39, 0.29) is 5.75 Å². The zero-order valence-electron chi connectivity index (χ0n) is 18.1. The molecular weight excluding hydrogens is 449 g/mol. The molecule has 5 rings (SSSR count). The van der Waals surface area contributed by atoms with Crippen LogP contribution >= 0.6 is 0 Å². The molecule has 2 N–H and O–H groups in total. The number of nitrogens with one attached hydrogen (secondary N) is 2. The smallest absolute Gasteiger partial charge is 0.406 e. The summed E-state index contributed by atoms with van der Waals surface area (Å²) in [6, 6.07) is 9.55. The minimum atomic E-state index is -4.75. The number of alkyl halides is 3. The van der Waals surface area contributed by atoms with Gasteiger partial charge < -0.3 is 20.3 Å². The number of hydrogen-bond donors (Lipinski definition) is 2. The quantitative estimate of drug-likeness (QED) is 0.552. The van der Waals surface area contributed by atoms with E-state index < -0.39 is 12.3 Å². The molecule has 0 radical (unpaired) electrons. The Morgan fingerprint density at radius 1 is 1.18 bits per heavy atom. The molecule has 2 saturated heterocycles. The highest BCUT2D eigenvalue weighted by Gasteiger charge is 2.39. The van der Waals surface area contributed by atoms with Crippen LogP contribution in [0.4, 0.5) is 24.9 Å². The number of fused-ring (bicyclic) bond motifs is 3. The molecule has 2 aromatic heterocycles. The third kappa shape index (κ3) is 4.79. The van der Waals surface area contributed by atoms with Crippen molar-refractivity contribution in [1.29, 1.82) is 0 Å². The van der Waals surface area contributed by atoms with Crippen LogP contribution in [0.1, 0.15) is 17.7 Å². The van der Waals surface area contributed by atoms with E-state index in [1.807, 2.05) is 6.92 Å². The monoisotopic (exact) mass is 470 g/mol. The normalized spacial score (nSPS) is 19.8. The van der Waals surface area contributed by atoms with Crippen LogP contribution in [0.3, 0.4) is 0 Å². The number of amides is 1. The zero-order valence-corrected chi connectivity index (χ0v) is 18.1. The van der Waals surface area contributed by atoms with Crippen LogP contribution in [-0.4, -0.2) is 52.4 Å². The predicted molar refractivity (Wildman–Crippen MR) is 120 cm³/mol. The molecular formula is C23H21F3N6O2. The Bertz CT molecular complexity index is 1260. The summed E-state index contributed by atoms with van der Waals surface area (Å²) < 4.78 is 40.5. The van der Waals surface area contributed by atoms with Crippen molar-refractivity contribution >= 4 is 34.8 Å². The number of ether oxygens (including phenoxy) is 1. The fourth-order valence-electron chi connectivity index (χ4n) is 4.27. The van der Waals surface area contributed by atoms with E-state index in [9.17, 15) is 18.0 Å². The van der Waals surface area contributed by atoms with Gasteiger partial charge in [0.15, 0.2) is 0 Å². The van der Waals surface area contributed by atoms with Gasteiger partial charge in [-0.3, -0.25) is 4.79 Å². The number of aryl methyl sites for hydroxylation is 1. The molecule has 2 aliphatic heterocycles. The van der Waals surface area contributed by atoms with Crippen molar-refractivity contribution in [1.82, 2.24) is 20.3 Å². The first-order chi connectivity index (χ1) is 16.2. The Hall–Kier alpha value is -3.73. The molecule has 8 nitrogen and oxygen atoms in total. The van der Waals surface area contributed by atoms with Crippen LogP contribution in [0.5, 0.6) is 5.75 Å². The lowest BCUT2D eigenvalue weighted by atomic mass is 10.2. The number of nitrogens with zero attached hydrogens (tertiary/aromatic N) is 4. The first-order valence-corrected chi connectivity index (χ1v) is 10.7. The molecule has 1 amide bonds. The van der Waals surface area contributed by atoms with Crippen LogP contribution in [0.25, 0.3) is 17.1 Å². The van der Waals surface area contributed by atoms with Crippen molar-refractivity contribution in [2.24, 2.45) is 0 Å². The number of hydrogen-bond acceptors (Lipinski definition) is 7. The SMILES string of the molecule is Cc1nc(N2CC3CC2CN3)nc2ccc(NC(=O)C=Cc3ccc(OC(F)(F)F)cc3)nc12. The summed E-state index contributed by atoms with van der Waals surface area (Å²) in [4.78, 5) is 28.4. The summed E-state index contributed by atoms with van der Waals surface area (Å²) in [6.07, 6.45) is -0.898. The van der Waals surface area contributed by atoms with E-state index in [0.717, 1.165) is 25.2 Å². The molecule has 0 spiro atoms. The Kier molecular flexibility index (Phi) is 5.56. The number of carbonyl (C=O) groups excluding carboxylic acids is 1. The Morgan fingerprint density at radius 3 is 2.65 bits per heavy atom. The number of pyridine rings is 1. The molecule has 0 aliphatic carbocycles. The maximum atomic E-state index is 12.3. The lowest BCUT2D eigenvalue weighted by Crippen LogP contribution is -2.44. The number of piperazine rings is 1. The van der Waals surface area contributed by atoms with Gasteiger partial charge in [0.05, 0.1) is 11.2 Å². The molecule has 2 fully saturated rings. The van der Waals surface area contributed by atoms with E-state index in [4.69, 9.17) is 0 Å². The van der Waals surface area contributed by atoms with E-state index in [1.54, 1.807) is 12.1 Å². The maximum Gasteiger partial charge on any atom is 0.573 e. The minimum Gasteiger partial charge on any atom is -0.406 e. The van der Waals surface area contributed by atoms with Crippen molar-refractivity contribution in [3.05, 3.63) is 53.7 Å². The molecule has 2 bridgehead atoms. The number of aromatic nitrogens is 3. The van der Waals surface area contributed by atoms with Crippen LogP contribution in [0.15, 0.2) is 42.5 Å². The van der Waals surface area contributed by atoms with Gasteiger partial charge in [-0.1, -0.05) is 12.1 Å².